The summed E-state index contributed by atoms with van der Waals surface area (Å²) in [6, 6.07) is 3.20. The highest BCUT2D eigenvalue weighted by Crippen LogP contribution is 2.48. The SMILES string of the molecule is COc1cnc(O[C@@H]2C[C@@H](C(=O)N[C@]3(C(=O)NSC4CC4)C[C@H]3CC(F)F)N(C(=O)[C@@H](N)C(C)(C)C)C2)c2cc(Cl)ccc12. The number of hydrogen-bond donors (Lipinski definition) is 3. The van der Waals surface area contributed by atoms with E-state index >= 15 is 0 Å². The van der Waals surface area contributed by atoms with Crippen molar-refractivity contribution in [1.29, 1.82) is 0 Å². The number of fused-ring (bicyclic) bond motifs is 1. The smallest absolute Gasteiger partial charge is 0.255 e. The van der Waals surface area contributed by atoms with Crippen LogP contribution in [0.2, 0.25) is 5.02 Å². The zero-order valence-electron chi connectivity index (χ0n) is 25.1. The van der Waals surface area contributed by atoms with E-state index in [0.717, 1.165) is 12.8 Å². The highest BCUT2D eigenvalue weighted by Gasteiger charge is 2.62. The lowest BCUT2D eigenvalue weighted by Gasteiger charge is -2.33. The number of likely N-dealkylation sites (tertiary alicyclic amines) is 1. The molecule has 2 heterocycles. The number of nitrogens with two attached hydrogens (primary N) is 1. The number of halogens is 3. The van der Waals surface area contributed by atoms with Gasteiger partial charge in [-0.25, -0.2) is 13.8 Å². The Labute approximate surface area is 264 Å². The Morgan fingerprint density at radius 2 is 1.98 bits per heavy atom. The molecule has 4 N–H and O–H groups in total. The molecule has 5 atom stereocenters. The van der Waals surface area contributed by atoms with Gasteiger partial charge < -0.3 is 25.4 Å². The Balaban J connectivity index is 1.40. The lowest BCUT2D eigenvalue weighted by atomic mass is 9.86. The van der Waals surface area contributed by atoms with Crippen LogP contribution in [0.5, 0.6) is 11.6 Å². The van der Waals surface area contributed by atoms with Crippen LogP contribution in [0.1, 0.15) is 52.9 Å². The largest absolute Gasteiger partial charge is 0.494 e. The molecule has 3 fully saturated rings. The van der Waals surface area contributed by atoms with E-state index in [4.69, 9.17) is 26.8 Å². The van der Waals surface area contributed by atoms with Gasteiger partial charge in [-0.1, -0.05) is 32.4 Å². The summed E-state index contributed by atoms with van der Waals surface area (Å²) in [5.74, 6) is -1.54. The van der Waals surface area contributed by atoms with Gasteiger partial charge in [-0.15, -0.1) is 0 Å². The molecule has 0 bridgehead atoms. The van der Waals surface area contributed by atoms with Gasteiger partial charge in [-0.05, 0) is 60.7 Å². The van der Waals surface area contributed by atoms with Gasteiger partial charge in [0.2, 0.25) is 24.1 Å². The molecule has 44 heavy (non-hydrogen) atoms. The Hall–Kier alpha value is -2.90. The van der Waals surface area contributed by atoms with Crippen molar-refractivity contribution in [2.24, 2.45) is 17.1 Å². The first-order valence-corrected chi connectivity index (χ1v) is 15.9. The second-order valence-corrected chi connectivity index (χ2v) is 14.4. The van der Waals surface area contributed by atoms with Crippen molar-refractivity contribution in [2.75, 3.05) is 13.7 Å². The summed E-state index contributed by atoms with van der Waals surface area (Å²) in [5.41, 5.74) is 4.26. The quantitative estimate of drug-likeness (QED) is 0.309. The van der Waals surface area contributed by atoms with Crippen LogP contribution >= 0.6 is 23.5 Å². The van der Waals surface area contributed by atoms with E-state index in [9.17, 15) is 23.2 Å². The van der Waals surface area contributed by atoms with E-state index in [1.54, 1.807) is 18.2 Å². The first kappa shape index (κ1) is 32.5. The number of hydrogen-bond acceptors (Lipinski definition) is 8. The van der Waals surface area contributed by atoms with Crippen LogP contribution in [0, 0.1) is 11.3 Å². The highest BCUT2D eigenvalue weighted by molar-refractivity contribution is 7.98. The third kappa shape index (κ3) is 6.84. The molecule has 2 aromatic rings. The predicted molar refractivity (Wildman–Crippen MR) is 164 cm³/mol. The fourth-order valence-corrected chi connectivity index (χ4v) is 6.54. The van der Waals surface area contributed by atoms with Crippen LogP contribution in [-0.4, -0.2) is 76.7 Å². The van der Waals surface area contributed by atoms with Crippen LogP contribution in [0.25, 0.3) is 10.8 Å². The third-order valence-electron chi connectivity index (χ3n) is 8.48. The number of amides is 3. The minimum absolute atomic E-state index is 0.0215. The molecule has 3 amide bonds. The first-order chi connectivity index (χ1) is 20.7. The molecular weight excluding hydrogens is 616 g/mol. The minimum Gasteiger partial charge on any atom is -0.494 e. The average Bonchev–Trinajstić information content (AvgIpc) is 3.87. The van der Waals surface area contributed by atoms with Crippen LogP contribution in [0.15, 0.2) is 24.4 Å². The van der Waals surface area contributed by atoms with Gasteiger partial charge in [0.05, 0.1) is 25.9 Å². The van der Waals surface area contributed by atoms with Gasteiger partial charge in [0.1, 0.15) is 23.4 Å². The molecule has 240 valence electrons. The molecular formula is C30H38ClF2N5O5S. The standard InChI is InChI=1S/C30H38ClF2N5O5S/c1-29(2,3)24(34)27(40)38-14-17(43-26-20-10-16(31)5-8-19(20)22(42-4)13-35-26)11-21(38)25(39)36-30(12-15(30)9-23(32)33)28(41)37-44-18-6-7-18/h5,8,10,13,15,17-18,21,23-24H,6-7,9,11-12,14,34H2,1-4H3,(H,36,39)(H,37,41)/t15-,17-,21+,24-,30-/m1/s1. The number of ether oxygens (including phenoxy) is 2. The van der Waals surface area contributed by atoms with Crippen LogP contribution in [0.3, 0.4) is 0 Å². The maximum Gasteiger partial charge on any atom is 0.255 e. The molecule has 1 aromatic carbocycles. The molecule has 14 heteroatoms. The topological polar surface area (TPSA) is 136 Å². The molecule has 1 saturated heterocycles. The fraction of sp³-hybridized carbons (Fsp3) is 0.600. The van der Waals surface area contributed by atoms with Crippen molar-refractivity contribution in [1.82, 2.24) is 19.9 Å². The van der Waals surface area contributed by atoms with Gasteiger partial charge in [0.15, 0.2) is 0 Å². The molecule has 5 rings (SSSR count). The van der Waals surface area contributed by atoms with E-state index in [1.165, 1.54) is 30.2 Å². The minimum atomic E-state index is -2.63. The molecule has 2 saturated carbocycles. The number of pyridine rings is 1. The summed E-state index contributed by atoms with van der Waals surface area (Å²) in [6.07, 6.45) is -0.224. The molecule has 3 aliphatic rings. The first-order valence-electron chi connectivity index (χ1n) is 14.6. The van der Waals surface area contributed by atoms with Gasteiger partial charge in [0, 0.05) is 33.9 Å². The third-order valence-corrected chi connectivity index (χ3v) is 9.83. The molecule has 1 aliphatic heterocycles. The van der Waals surface area contributed by atoms with Gasteiger partial charge in [-0.3, -0.25) is 19.1 Å². The predicted octanol–water partition coefficient (Wildman–Crippen LogP) is 4.08. The maximum atomic E-state index is 13.9. The van der Waals surface area contributed by atoms with Crippen molar-refractivity contribution in [3.63, 3.8) is 0 Å². The summed E-state index contributed by atoms with van der Waals surface area (Å²) < 4.78 is 41.2. The molecule has 0 radical (unpaired) electrons. The zero-order chi connectivity index (χ0) is 32.0. The number of carbonyl (C=O) groups excluding carboxylic acids is 3. The Morgan fingerprint density at radius 1 is 1.25 bits per heavy atom. The Morgan fingerprint density at radius 3 is 2.61 bits per heavy atom. The summed E-state index contributed by atoms with van der Waals surface area (Å²) in [4.78, 5) is 46.6. The van der Waals surface area contributed by atoms with E-state index in [0.29, 0.717) is 21.5 Å². The molecule has 0 spiro atoms. The number of nitrogens with zero attached hydrogens (tertiary/aromatic N) is 2. The van der Waals surface area contributed by atoms with E-state index in [2.05, 4.69) is 15.0 Å². The number of alkyl halides is 2. The maximum absolute atomic E-state index is 13.9. The van der Waals surface area contributed by atoms with Gasteiger partial charge in [0.25, 0.3) is 5.91 Å². The number of nitrogens with one attached hydrogen (secondary N) is 2. The van der Waals surface area contributed by atoms with Crippen molar-refractivity contribution in [3.8, 4) is 11.6 Å². The molecule has 2 aliphatic carbocycles. The monoisotopic (exact) mass is 653 g/mol. The number of rotatable bonds is 11. The highest BCUT2D eigenvalue weighted by atomic mass is 35.5. The van der Waals surface area contributed by atoms with Crippen molar-refractivity contribution in [3.05, 3.63) is 29.4 Å². The summed E-state index contributed by atoms with van der Waals surface area (Å²) in [7, 11) is 1.52. The zero-order valence-corrected chi connectivity index (χ0v) is 26.6. The Bertz CT molecular complexity index is 1440. The van der Waals surface area contributed by atoms with Crippen LogP contribution < -0.4 is 25.2 Å². The molecule has 0 unspecified atom stereocenters. The van der Waals surface area contributed by atoms with Gasteiger partial charge in [-0.2, -0.15) is 0 Å². The number of carbonyl (C=O) groups is 3. The van der Waals surface area contributed by atoms with E-state index < -0.39 is 65.6 Å². The van der Waals surface area contributed by atoms with Crippen molar-refractivity contribution < 1.29 is 32.6 Å². The number of benzene rings is 1. The fourth-order valence-electron chi connectivity index (χ4n) is 5.54. The number of aromatic nitrogens is 1. The summed E-state index contributed by atoms with van der Waals surface area (Å²) in [5, 5.41) is 4.82. The number of methoxy groups -OCH3 is 1. The second-order valence-electron chi connectivity index (χ2n) is 12.9. The van der Waals surface area contributed by atoms with Crippen molar-refractivity contribution in [2.45, 2.75) is 88.3 Å². The molecule has 1 aromatic heterocycles. The van der Waals surface area contributed by atoms with Crippen LogP contribution in [0.4, 0.5) is 8.78 Å². The molecule has 10 nitrogen and oxygen atoms in total. The lowest BCUT2D eigenvalue weighted by Crippen LogP contribution is -2.58. The van der Waals surface area contributed by atoms with Gasteiger partial charge >= 0.3 is 0 Å². The van der Waals surface area contributed by atoms with Crippen molar-refractivity contribution >= 4 is 52.0 Å². The summed E-state index contributed by atoms with van der Waals surface area (Å²) >= 11 is 7.52. The lowest BCUT2D eigenvalue weighted by molar-refractivity contribution is -0.142. The Kier molecular flexibility index (Phi) is 9.21. The van der Waals surface area contributed by atoms with E-state index in [-0.39, 0.29) is 30.5 Å². The van der Waals surface area contributed by atoms with Crippen LogP contribution in [-0.2, 0) is 14.4 Å². The normalized spacial score (nSPS) is 25.6. The second kappa shape index (κ2) is 12.5. The average molecular weight is 654 g/mol. The summed E-state index contributed by atoms with van der Waals surface area (Å²) in [6.45, 7) is 5.49. The van der Waals surface area contributed by atoms with E-state index in [1.807, 2.05) is 20.8 Å².